The van der Waals surface area contributed by atoms with E-state index in [0.29, 0.717) is 0 Å². The van der Waals surface area contributed by atoms with Crippen LogP contribution in [0.5, 0.6) is 0 Å². The van der Waals surface area contributed by atoms with Crippen molar-refractivity contribution in [2.24, 2.45) is 0 Å². The summed E-state index contributed by atoms with van der Waals surface area (Å²) in [7, 11) is -13.8. The first kappa shape index (κ1) is 42.1. The SMILES string of the molecule is COP(C)(=O)[O][Al]([O]P(C)(=O)OC)[O]P(C)(=O)OC.COP(C)(=O)[O][Al]([O]P(C)(=O)OC)[O]P(C)(=O)OC. The van der Waals surface area contributed by atoms with Gasteiger partial charge in [0, 0.05) is 82.6 Å². The van der Waals surface area contributed by atoms with E-state index < -0.39 is 75.9 Å². The molecule has 0 radical (unpaired) electrons. The van der Waals surface area contributed by atoms with Crippen LogP contribution < -0.4 is 0 Å². The van der Waals surface area contributed by atoms with Gasteiger partial charge in [-0.1, -0.05) is 0 Å². The van der Waals surface area contributed by atoms with Crippen molar-refractivity contribution in [1.82, 2.24) is 0 Å². The lowest BCUT2D eigenvalue weighted by atomic mass is 11.8. The zero-order valence-corrected chi connectivity index (χ0v) is 30.9. The van der Waals surface area contributed by atoms with Crippen LogP contribution in [0, 0.1) is 0 Å². The molecule has 38 heavy (non-hydrogen) atoms. The van der Waals surface area contributed by atoms with Crippen LogP contribution in [0.15, 0.2) is 0 Å². The van der Waals surface area contributed by atoms with Crippen molar-refractivity contribution in [3.8, 4) is 0 Å². The van der Waals surface area contributed by atoms with E-state index in [0.717, 1.165) is 42.7 Å². The van der Waals surface area contributed by atoms with E-state index in [-0.39, 0.29) is 0 Å². The predicted octanol–water partition coefficient (Wildman–Crippen LogP) is 4.86. The third-order valence-electron chi connectivity index (χ3n) is 3.66. The second-order valence-corrected chi connectivity index (χ2v) is 24.6. The molecule has 0 N–H and O–H groups in total. The maximum absolute atomic E-state index is 11.7. The minimum Gasteiger partial charge on any atom is -0.385 e. The quantitative estimate of drug-likeness (QED) is 0.137. The molecule has 0 heterocycles. The molecular formula is C12H36Al2O18P6. The van der Waals surface area contributed by atoms with Gasteiger partial charge in [-0.25, -0.2) is 0 Å². The van der Waals surface area contributed by atoms with Gasteiger partial charge in [-0.05, 0) is 0 Å². The third kappa shape index (κ3) is 20.8. The van der Waals surface area contributed by atoms with Crippen molar-refractivity contribution in [2.75, 3.05) is 82.6 Å². The summed E-state index contributed by atoms with van der Waals surface area (Å²) in [6, 6.07) is 0. The zero-order chi connectivity index (χ0) is 30.6. The summed E-state index contributed by atoms with van der Waals surface area (Å²) < 4.78 is 128. The van der Waals surface area contributed by atoms with Gasteiger partial charge in [0.15, 0.2) is 0 Å². The van der Waals surface area contributed by atoms with Crippen molar-refractivity contribution in [3.05, 3.63) is 0 Å². The predicted molar refractivity (Wildman–Crippen MR) is 141 cm³/mol. The molecule has 0 saturated heterocycles. The van der Waals surface area contributed by atoms with Crippen LogP contribution in [0.2, 0.25) is 0 Å². The minimum absolute atomic E-state index is 1.16. The average Bonchev–Trinajstić information content (AvgIpc) is 2.77. The number of rotatable bonds is 18. The van der Waals surface area contributed by atoms with E-state index in [2.05, 4.69) is 27.1 Å². The smallest absolute Gasteiger partial charge is 0.385 e. The molecule has 0 fully saturated rings. The highest BCUT2D eigenvalue weighted by Gasteiger charge is 2.48. The van der Waals surface area contributed by atoms with E-state index in [1.807, 2.05) is 0 Å². The van der Waals surface area contributed by atoms with E-state index in [1.54, 1.807) is 0 Å². The molecule has 0 aliphatic heterocycles. The lowest BCUT2D eigenvalue weighted by Crippen LogP contribution is -2.24. The van der Waals surface area contributed by atoms with Gasteiger partial charge in [0.2, 0.25) is 0 Å². The van der Waals surface area contributed by atoms with E-state index in [4.69, 9.17) is 21.5 Å². The molecule has 0 aromatic carbocycles. The normalized spacial score (nSPS) is 21.2. The standard InChI is InChI=1S/6C2H7O3P.2Al/c6*1-5-6(2,3)4;;/h6*1-2H3,(H,3,4);;/q;;;;;;2*+3/p-6. The van der Waals surface area contributed by atoms with Crippen LogP contribution in [0.1, 0.15) is 0 Å². The van der Waals surface area contributed by atoms with Crippen molar-refractivity contribution in [2.45, 2.75) is 0 Å². The first-order valence-electron chi connectivity index (χ1n) is 9.83. The Kier molecular flexibility index (Phi) is 19.9. The fourth-order valence-corrected chi connectivity index (χ4v) is 13.9. The summed E-state index contributed by atoms with van der Waals surface area (Å²) in [6.45, 7) is 7.00. The van der Waals surface area contributed by atoms with Crippen molar-refractivity contribution in [3.63, 3.8) is 0 Å². The van der Waals surface area contributed by atoms with Crippen LogP contribution in [0.25, 0.3) is 0 Å². The number of hydrogen-bond acceptors (Lipinski definition) is 18. The summed E-state index contributed by atoms with van der Waals surface area (Å²) in [5.41, 5.74) is 0. The molecule has 0 aliphatic carbocycles. The van der Waals surface area contributed by atoms with Gasteiger partial charge in [-0.3, -0.25) is 27.4 Å². The molecular weight excluding hydrogens is 672 g/mol. The second-order valence-electron chi connectivity index (χ2n) is 6.93. The van der Waals surface area contributed by atoms with Crippen LogP contribution >= 0.6 is 45.6 Å². The van der Waals surface area contributed by atoms with Crippen LogP contribution in [-0.2, 0) is 76.0 Å². The fraction of sp³-hybridized carbons (Fsp3) is 1.00. The Balaban J connectivity index is 0. The Morgan fingerprint density at radius 2 is 0.421 bits per heavy atom. The van der Waals surface area contributed by atoms with Crippen molar-refractivity contribution < 1.29 is 76.0 Å². The van der Waals surface area contributed by atoms with Crippen LogP contribution in [-0.4, -0.2) is 113 Å². The van der Waals surface area contributed by atoms with E-state index in [9.17, 15) is 27.4 Å². The summed E-state index contributed by atoms with van der Waals surface area (Å²) in [5, 5.41) is 0. The molecule has 18 nitrogen and oxygen atoms in total. The van der Waals surface area contributed by atoms with Gasteiger partial charge in [-0.15, -0.1) is 0 Å². The van der Waals surface area contributed by atoms with Crippen LogP contribution in [0.3, 0.4) is 0 Å². The topological polar surface area (TPSA) is 213 Å². The summed E-state index contributed by atoms with van der Waals surface area (Å²) >= 11 is -6.65. The second kappa shape index (κ2) is 17.9. The van der Waals surface area contributed by atoms with E-state index >= 15 is 0 Å². The van der Waals surface area contributed by atoms with Gasteiger partial charge in [0.1, 0.15) is 0 Å². The average molecular weight is 708 g/mol. The number of hydrogen-bond donors (Lipinski definition) is 0. The van der Waals surface area contributed by atoms with Gasteiger partial charge in [-0.2, -0.15) is 0 Å². The molecule has 228 valence electrons. The summed E-state index contributed by atoms with van der Waals surface area (Å²) in [4.78, 5) is 0. The molecule has 0 saturated carbocycles. The first-order chi connectivity index (χ1) is 16.9. The zero-order valence-electron chi connectivity index (χ0n) is 23.2. The molecule has 0 rings (SSSR count). The largest absolute Gasteiger partial charge is 0.926 e. The van der Waals surface area contributed by atoms with Gasteiger partial charge in [0.05, 0.1) is 0 Å². The molecule has 0 aromatic rings. The maximum atomic E-state index is 11.7. The van der Waals surface area contributed by atoms with Gasteiger partial charge in [0.25, 0.3) is 0 Å². The van der Waals surface area contributed by atoms with Crippen molar-refractivity contribution >= 4 is 75.9 Å². The highest BCUT2D eigenvalue weighted by atomic mass is 31.2. The molecule has 26 heteroatoms. The monoisotopic (exact) mass is 708 g/mol. The van der Waals surface area contributed by atoms with Gasteiger partial charge >= 0.3 is 75.9 Å². The van der Waals surface area contributed by atoms with Crippen LogP contribution in [0.4, 0.5) is 0 Å². The Morgan fingerprint density at radius 1 is 0.316 bits per heavy atom. The minimum atomic E-state index is -3.46. The molecule has 0 aromatic heterocycles. The third-order valence-corrected chi connectivity index (χ3v) is 21.0. The lowest BCUT2D eigenvalue weighted by Gasteiger charge is -2.22. The summed E-state index contributed by atoms with van der Waals surface area (Å²) in [6.07, 6.45) is 0. The Hall–Kier alpha value is 1.96. The van der Waals surface area contributed by atoms with E-state index in [1.165, 1.54) is 40.0 Å². The lowest BCUT2D eigenvalue weighted by molar-refractivity contribution is 0.221. The maximum Gasteiger partial charge on any atom is 0.926 e. The van der Waals surface area contributed by atoms with Gasteiger partial charge < -0.3 is 48.6 Å². The Morgan fingerprint density at radius 3 is 0.500 bits per heavy atom. The molecule has 0 spiro atoms. The molecule has 0 bridgehead atoms. The molecule has 6 unspecified atom stereocenters. The molecule has 0 aliphatic rings. The highest BCUT2D eigenvalue weighted by molar-refractivity contribution is 7.58. The summed E-state index contributed by atoms with van der Waals surface area (Å²) in [5.74, 6) is 0. The van der Waals surface area contributed by atoms with Crippen molar-refractivity contribution in [1.29, 1.82) is 0 Å². The molecule has 0 amide bonds. The highest BCUT2D eigenvalue weighted by Crippen LogP contribution is 2.54. The Bertz CT molecular complexity index is 807. The first-order valence-corrected chi connectivity index (χ1v) is 24.6. The molecule has 6 atom stereocenters. The Labute approximate surface area is 233 Å². The fourth-order valence-electron chi connectivity index (χ4n) is 1.31.